The smallest absolute Gasteiger partial charge is 0.223 e. The van der Waals surface area contributed by atoms with Gasteiger partial charge in [0.25, 0.3) is 0 Å². The van der Waals surface area contributed by atoms with Crippen molar-refractivity contribution in [1.29, 1.82) is 0 Å². The molecule has 0 bridgehead atoms. The lowest BCUT2D eigenvalue weighted by molar-refractivity contribution is 0.162. The van der Waals surface area contributed by atoms with Crippen molar-refractivity contribution in [2.45, 2.75) is 6.04 Å². The molecular weight excluding hydrogens is 185 g/mol. The molecule has 1 aliphatic carbocycles. The SMILES string of the molecule is Fc1cnc(NC2[C@H]3COC[C@H]23)nc1. The molecule has 1 saturated heterocycles. The van der Waals surface area contributed by atoms with E-state index in [1.165, 1.54) is 12.4 Å². The fraction of sp³-hybridized carbons (Fsp3) is 0.556. The topological polar surface area (TPSA) is 47.0 Å². The Labute approximate surface area is 80.5 Å². The largest absolute Gasteiger partial charge is 0.381 e. The summed E-state index contributed by atoms with van der Waals surface area (Å²) in [7, 11) is 0. The summed E-state index contributed by atoms with van der Waals surface area (Å²) in [5, 5.41) is 3.18. The van der Waals surface area contributed by atoms with Crippen LogP contribution in [0.4, 0.5) is 10.3 Å². The lowest BCUT2D eigenvalue weighted by Gasteiger charge is -2.06. The highest BCUT2D eigenvalue weighted by molar-refractivity contribution is 5.31. The van der Waals surface area contributed by atoms with Crippen molar-refractivity contribution in [3.8, 4) is 0 Å². The third-order valence-electron chi connectivity index (χ3n) is 2.87. The molecule has 0 unspecified atom stereocenters. The fourth-order valence-electron chi connectivity index (χ4n) is 1.99. The maximum atomic E-state index is 12.5. The first-order chi connectivity index (χ1) is 6.84. The molecule has 2 heterocycles. The molecule has 0 amide bonds. The van der Waals surface area contributed by atoms with Gasteiger partial charge >= 0.3 is 0 Å². The van der Waals surface area contributed by atoms with E-state index >= 15 is 0 Å². The fourth-order valence-corrected chi connectivity index (χ4v) is 1.99. The van der Waals surface area contributed by atoms with Crippen LogP contribution in [0.5, 0.6) is 0 Å². The number of anilines is 1. The summed E-state index contributed by atoms with van der Waals surface area (Å²) in [4.78, 5) is 7.70. The van der Waals surface area contributed by atoms with Gasteiger partial charge in [0, 0.05) is 17.9 Å². The van der Waals surface area contributed by atoms with Gasteiger partial charge in [0.05, 0.1) is 25.6 Å². The van der Waals surface area contributed by atoms with Crippen LogP contribution < -0.4 is 5.32 Å². The van der Waals surface area contributed by atoms with Gasteiger partial charge in [-0.2, -0.15) is 0 Å². The predicted molar refractivity (Wildman–Crippen MR) is 47.2 cm³/mol. The van der Waals surface area contributed by atoms with E-state index in [2.05, 4.69) is 15.3 Å². The van der Waals surface area contributed by atoms with Crippen LogP contribution in [0.2, 0.25) is 0 Å². The maximum absolute atomic E-state index is 12.5. The minimum Gasteiger partial charge on any atom is -0.381 e. The first-order valence-corrected chi connectivity index (χ1v) is 4.66. The molecular formula is C9H10FN3O. The number of aromatic nitrogens is 2. The average molecular weight is 195 g/mol. The number of fused-ring (bicyclic) bond motifs is 1. The van der Waals surface area contributed by atoms with Gasteiger partial charge < -0.3 is 10.1 Å². The van der Waals surface area contributed by atoms with E-state index < -0.39 is 5.82 Å². The number of hydrogen-bond acceptors (Lipinski definition) is 4. The highest BCUT2D eigenvalue weighted by Crippen LogP contribution is 2.45. The predicted octanol–water partition coefficient (Wildman–Crippen LogP) is 0.672. The number of nitrogens with zero attached hydrogens (tertiary/aromatic N) is 2. The molecule has 1 aromatic rings. The molecule has 1 saturated carbocycles. The zero-order chi connectivity index (χ0) is 9.54. The maximum Gasteiger partial charge on any atom is 0.223 e. The van der Waals surface area contributed by atoms with Crippen molar-refractivity contribution < 1.29 is 9.13 Å². The Bertz CT molecular complexity index is 332. The molecule has 4 nitrogen and oxygen atoms in total. The molecule has 74 valence electrons. The minimum atomic E-state index is -0.408. The highest BCUT2D eigenvalue weighted by Gasteiger charge is 2.54. The Morgan fingerprint density at radius 1 is 1.29 bits per heavy atom. The third kappa shape index (κ3) is 1.24. The molecule has 1 aliphatic heterocycles. The van der Waals surface area contributed by atoms with Gasteiger partial charge in [0.15, 0.2) is 5.82 Å². The van der Waals surface area contributed by atoms with Gasteiger partial charge in [-0.1, -0.05) is 0 Å². The summed E-state index contributed by atoms with van der Waals surface area (Å²) in [6.45, 7) is 1.65. The summed E-state index contributed by atoms with van der Waals surface area (Å²) in [5.74, 6) is 1.30. The Hall–Kier alpha value is -1.23. The third-order valence-corrected chi connectivity index (χ3v) is 2.87. The normalized spacial score (nSPS) is 33.9. The van der Waals surface area contributed by atoms with Gasteiger partial charge in [-0.3, -0.25) is 0 Å². The average Bonchev–Trinajstić information content (AvgIpc) is 2.63. The van der Waals surface area contributed by atoms with Crippen molar-refractivity contribution in [2.24, 2.45) is 11.8 Å². The monoisotopic (exact) mass is 195 g/mol. The molecule has 3 rings (SSSR count). The van der Waals surface area contributed by atoms with Crippen molar-refractivity contribution >= 4 is 5.95 Å². The lowest BCUT2D eigenvalue weighted by Crippen LogP contribution is -2.14. The summed E-state index contributed by atoms with van der Waals surface area (Å²) < 4.78 is 17.8. The van der Waals surface area contributed by atoms with E-state index in [1.54, 1.807) is 0 Å². The number of hydrogen-bond donors (Lipinski definition) is 1. The van der Waals surface area contributed by atoms with E-state index in [9.17, 15) is 4.39 Å². The quantitative estimate of drug-likeness (QED) is 0.753. The van der Waals surface area contributed by atoms with E-state index in [-0.39, 0.29) is 0 Å². The van der Waals surface area contributed by atoms with E-state index in [4.69, 9.17) is 4.74 Å². The Morgan fingerprint density at radius 2 is 1.93 bits per heavy atom. The summed E-state index contributed by atoms with van der Waals surface area (Å²) >= 11 is 0. The Morgan fingerprint density at radius 3 is 2.57 bits per heavy atom. The second-order valence-electron chi connectivity index (χ2n) is 3.76. The first kappa shape index (κ1) is 8.11. The van der Waals surface area contributed by atoms with Gasteiger partial charge in [-0.25, -0.2) is 14.4 Å². The molecule has 14 heavy (non-hydrogen) atoms. The van der Waals surface area contributed by atoms with Gasteiger partial charge in [0.2, 0.25) is 5.95 Å². The summed E-state index contributed by atoms with van der Waals surface area (Å²) in [5.41, 5.74) is 0. The molecule has 1 N–H and O–H groups in total. The molecule has 5 heteroatoms. The molecule has 1 aromatic heterocycles. The molecule has 0 aromatic carbocycles. The standard InChI is InChI=1S/C9H10FN3O/c10-5-1-11-9(12-2-5)13-8-6-3-14-4-7(6)8/h1-2,6-8H,3-4H2,(H,11,12,13)/t6-,7-/m0/s1. The first-order valence-electron chi connectivity index (χ1n) is 4.66. The van der Waals surface area contributed by atoms with E-state index in [0.717, 1.165) is 13.2 Å². The summed E-state index contributed by atoms with van der Waals surface area (Å²) in [6, 6.07) is 0.425. The van der Waals surface area contributed by atoms with Crippen LogP contribution in [0.15, 0.2) is 12.4 Å². The van der Waals surface area contributed by atoms with Crippen LogP contribution in [0.25, 0.3) is 0 Å². The highest BCUT2D eigenvalue weighted by atomic mass is 19.1. The number of ether oxygens (including phenoxy) is 1. The van der Waals surface area contributed by atoms with Gasteiger partial charge in [0.1, 0.15) is 0 Å². The zero-order valence-electron chi connectivity index (χ0n) is 7.48. The van der Waals surface area contributed by atoms with Crippen LogP contribution in [0.3, 0.4) is 0 Å². The number of nitrogens with one attached hydrogen (secondary N) is 1. The number of rotatable bonds is 2. The van der Waals surface area contributed by atoms with Crippen LogP contribution in [-0.4, -0.2) is 29.2 Å². The minimum absolute atomic E-state index is 0.408. The molecule has 0 spiro atoms. The van der Waals surface area contributed by atoms with E-state index in [0.29, 0.717) is 23.8 Å². The molecule has 2 fully saturated rings. The Balaban J connectivity index is 1.65. The number of halogens is 1. The van der Waals surface area contributed by atoms with E-state index in [1.807, 2.05) is 0 Å². The van der Waals surface area contributed by atoms with Crippen LogP contribution in [0.1, 0.15) is 0 Å². The van der Waals surface area contributed by atoms with Crippen LogP contribution in [-0.2, 0) is 4.74 Å². The van der Waals surface area contributed by atoms with Gasteiger partial charge in [-0.15, -0.1) is 0 Å². The van der Waals surface area contributed by atoms with Crippen molar-refractivity contribution in [3.05, 3.63) is 18.2 Å². The van der Waals surface area contributed by atoms with Crippen molar-refractivity contribution in [2.75, 3.05) is 18.5 Å². The Kier molecular flexibility index (Phi) is 1.67. The summed E-state index contributed by atoms with van der Waals surface area (Å²) in [6.07, 6.45) is 2.34. The lowest BCUT2D eigenvalue weighted by atomic mass is 10.4. The van der Waals surface area contributed by atoms with Crippen LogP contribution in [0, 0.1) is 17.7 Å². The van der Waals surface area contributed by atoms with Gasteiger partial charge in [-0.05, 0) is 0 Å². The molecule has 2 aliphatic rings. The second kappa shape index (κ2) is 2.88. The second-order valence-corrected chi connectivity index (χ2v) is 3.76. The molecule has 0 radical (unpaired) electrons. The van der Waals surface area contributed by atoms with Crippen molar-refractivity contribution in [1.82, 2.24) is 9.97 Å². The van der Waals surface area contributed by atoms with Crippen molar-refractivity contribution in [3.63, 3.8) is 0 Å². The molecule has 2 atom stereocenters. The van der Waals surface area contributed by atoms with Crippen LogP contribution >= 0.6 is 0 Å². The zero-order valence-corrected chi connectivity index (χ0v) is 7.48.